The summed E-state index contributed by atoms with van der Waals surface area (Å²) in [4.78, 5) is 25.9. The van der Waals surface area contributed by atoms with Gasteiger partial charge in [0.25, 0.3) is 11.8 Å². The maximum atomic E-state index is 12.3. The van der Waals surface area contributed by atoms with Crippen molar-refractivity contribution in [1.29, 1.82) is 0 Å². The maximum absolute atomic E-state index is 12.3. The Balaban J connectivity index is 1.76. The highest BCUT2D eigenvalue weighted by Crippen LogP contribution is 2.29. The third-order valence-electron chi connectivity index (χ3n) is 3.87. The Morgan fingerprint density at radius 3 is 2.84 bits per heavy atom. The van der Waals surface area contributed by atoms with Crippen LogP contribution in [0.25, 0.3) is 0 Å². The third kappa shape index (κ3) is 2.21. The van der Waals surface area contributed by atoms with Crippen LogP contribution < -0.4 is 5.32 Å². The Bertz CT molecular complexity index is 538. The van der Waals surface area contributed by atoms with Gasteiger partial charge in [-0.25, -0.2) is 0 Å². The van der Waals surface area contributed by atoms with Crippen molar-refractivity contribution in [1.82, 2.24) is 10.2 Å². The number of hydrogen-bond acceptors (Lipinski definition) is 3. The lowest BCUT2D eigenvalue weighted by molar-refractivity contribution is 0.0646. The van der Waals surface area contributed by atoms with Crippen LogP contribution in [0.2, 0.25) is 0 Å². The number of nitrogens with one attached hydrogen (secondary N) is 1. The molecule has 2 aliphatic heterocycles. The van der Waals surface area contributed by atoms with Crippen molar-refractivity contribution in [3.05, 3.63) is 33.8 Å². The van der Waals surface area contributed by atoms with E-state index < -0.39 is 0 Å². The van der Waals surface area contributed by atoms with Crippen LogP contribution in [0.3, 0.4) is 0 Å². The Labute approximate surface area is 120 Å². The molecule has 2 aliphatic rings. The average molecular weight is 323 g/mol. The summed E-state index contributed by atoms with van der Waals surface area (Å²) in [7, 11) is 0. The normalized spacial score (nSPS) is 22.2. The highest BCUT2D eigenvalue weighted by molar-refractivity contribution is 9.10. The van der Waals surface area contributed by atoms with Crippen LogP contribution in [0.15, 0.2) is 22.7 Å². The van der Waals surface area contributed by atoms with E-state index in [0.717, 1.165) is 25.9 Å². The minimum atomic E-state index is -0.168. The van der Waals surface area contributed by atoms with Crippen molar-refractivity contribution >= 4 is 27.7 Å². The number of nitrogens with zero attached hydrogens (tertiary/aromatic N) is 1. The van der Waals surface area contributed by atoms with Crippen LogP contribution in [-0.2, 0) is 0 Å². The number of hydrogen-bond donors (Lipinski definition) is 1. The molecule has 100 valence electrons. The molecule has 0 spiro atoms. The molecule has 1 N–H and O–H groups in total. The fourth-order valence-corrected chi connectivity index (χ4v) is 3.30. The van der Waals surface area contributed by atoms with Crippen LogP contribution in [0.4, 0.5) is 0 Å². The van der Waals surface area contributed by atoms with Gasteiger partial charge in [-0.05, 0) is 59.9 Å². The molecule has 1 atom stereocenters. The number of rotatable bonds is 3. The third-order valence-corrected chi connectivity index (χ3v) is 4.53. The smallest absolute Gasteiger partial charge is 0.262 e. The summed E-state index contributed by atoms with van der Waals surface area (Å²) < 4.78 is 0.702. The van der Waals surface area contributed by atoms with Gasteiger partial charge < -0.3 is 5.32 Å². The van der Waals surface area contributed by atoms with Crippen LogP contribution in [0.1, 0.15) is 33.6 Å². The van der Waals surface area contributed by atoms with E-state index in [1.807, 2.05) is 0 Å². The molecular formula is C14H15BrN2O2. The Kier molecular flexibility index (Phi) is 3.41. The topological polar surface area (TPSA) is 49.4 Å². The molecule has 1 aromatic rings. The fourth-order valence-electron chi connectivity index (χ4n) is 2.77. The van der Waals surface area contributed by atoms with Gasteiger partial charge in [-0.3, -0.25) is 14.5 Å². The van der Waals surface area contributed by atoms with Gasteiger partial charge in [-0.2, -0.15) is 0 Å². The molecule has 5 heteroatoms. The number of imide groups is 1. The molecule has 2 heterocycles. The van der Waals surface area contributed by atoms with E-state index in [1.165, 1.54) is 4.90 Å². The minimum Gasteiger partial charge on any atom is -0.316 e. The predicted molar refractivity (Wildman–Crippen MR) is 75.1 cm³/mol. The van der Waals surface area contributed by atoms with Crippen molar-refractivity contribution < 1.29 is 9.59 Å². The van der Waals surface area contributed by atoms with Crippen molar-refractivity contribution in [2.24, 2.45) is 5.92 Å². The second-order valence-corrected chi connectivity index (χ2v) is 5.93. The minimum absolute atomic E-state index is 0.160. The molecule has 2 amide bonds. The summed E-state index contributed by atoms with van der Waals surface area (Å²) in [6, 6.07) is 5.31. The second kappa shape index (κ2) is 5.06. The summed E-state index contributed by atoms with van der Waals surface area (Å²) in [6.07, 6.45) is 2.02. The maximum Gasteiger partial charge on any atom is 0.262 e. The number of carbonyl (C=O) groups is 2. The van der Waals surface area contributed by atoms with Gasteiger partial charge >= 0.3 is 0 Å². The summed E-state index contributed by atoms with van der Waals surface area (Å²) in [6.45, 7) is 2.55. The Morgan fingerprint density at radius 1 is 1.32 bits per heavy atom. The van der Waals surface area contributed by atoms with E-state index in [1.54, 1.807) is 18.2 Å². The average Bonchev–Trinajstić information content (AvgIpc) is 2.98. The lowest BCUT2D eigenvalue weighted by atomic mass is 10.1. The molecule has 1 aromatic carbocycles. The number of halogens is 1. The van der Waals surface area contributed by atoms with Crippen LogP contribution in [-0.4, -0.2) is 36.3 Å². The first kappa shape index (κ1) is 12.8. The highest BCUT2D eigenvalue weighted by atomic mass is 79.9. The van der Waals surface area contributed by atoms with Gasteiger partial charge in [0.1, 0.15) is 0 Å². The van der Waals surface area contributed by atoms with Gasteiger partial charge in [0.15, 0.2) is 0 Å². The molecule has 3 rings (SSSR count). The molecule has 0 radical (unpaired) electrons. The van der Waals surface area contributed by atoms with Gasteiger partial charge in [-0.15, -0.1) is 0 Å². The van der Waals surface area contributed by atoms with E-state index >= 15 is 0 Å². The standard InChI is InChI=1S/C14H15BrN2O2/c15-11-3-1-2-10-12(11)14(19)17(13(10)18)7-5-9-4-6-16-8-9/h1-3,9,16H,4-8H2. The van der Waals surface area contributed by atoms with Gasteiger partial charge in [0.05, 0.1) is 11.1 Å². The first-order valence-electron chi connectivity index (χ1n) is 6.54. The van der Waals surface area contributed by atoms with E-state index in [4.69, 9.17) is 0 Å². The summed E-state index contributed by atoms with van der Waals surface area (Å²) in [5, 5.41) is 3.30. The number of fused-ring (bicyclic) bond motifs is 1. The SMILES string of the molecule is O=C1c2cccc(Br)c2C(=O)N1CCC1CCNC1. The summed E-state index contributed by atoms with van der Waals surface area (Å²) >= 11 is 3.35. The molecule has 4 nitrogen and oxygen atoms in total. The molecule has 1 saturated heterocycles. The Morgan fingerprint density at radius 2 is 2.16 bits per heavy atom. The first-order chi connectivity index (χ1) is 9.18. The quantitative estimate of drug-likeness (QED) is 0.866. The number of benzene rings is 1. The second-order valence-electron chi connectivity index (χ2n) is 5.07. The molecule has 0 saturated carbocycles. The first-order valence-corrected chi connectivity index (χ1v) is 7.33. The Hall–Kier alpha value is -1.20. The van der Waals surface area contributed by atoms with Crippen LogP contribution in [0, 0.1) is 5.92 Å². The predicted octanol–water partition coefficient (Wildman–Crippen LogP) is 2.04. The largest absolute Gasteiger partial charge is 0.316 e. The van der Waals surface area contributed by atoms with Crippen LogP contribution >= 0.6 is 15.9 Å². The van der Waals surface area contributed by atoms with E-state index in [9.17, 15) is 9.59 Å². The molecule has 1 fully saturated rings. The van der Waals surface area contributed by atoms with Crippen molar-refractivity contribution in [2.75, 3.05) is 19.6 Å². The van der Waals surface area contributed by atoms with Crippen molar-refractivity contribution in [3.8, 4) is 0 Å². The molecule has 0 aliphatic carbocycles. The van der Waals surface area contributed by atoms with Crippen LogP contribution in [0.5, 0.6) is 0 Å². The van der Waals surface area contributed by atoms with Crippen molar-refractivity contribution in [2.45, 2.75) is 12.8 Å². The molecule has 1 unspecified atom stereocenters. The van der Waals surface area contributed by atoms with E-state index in [-0.39, 0.29) is 11.8 Å². The zero-order chi connectivity index (χ0) is 13.4. The zero-order valence-electron chi connectivity index (χ0n) is 10.5. The molecular weight excluding hydrogens is 308 g/mol. The fraction of sp³-hybridized carbons (Fsp3) is 0.429. The van der Waals surface area contributed by atoms with Gasteiger partial charge in [0.2, 0.25) is 0 Å². The van der Waals surface area contributed by atoms with E-state index in [0.29, 0.717) is 28.1 Å². The monoisotopic (exact) mass is 322 g/mol. The van der Waals surface area contributed by atoms with E-state index in [2.05, 4.69) is 21.2 Å². The van der Waals surface area contributed by atoms with Crippen molar-refractivity contribution in [3.63, 3.8) is 0 Å². The summed E-state index contributed by atoms with van der Waals surface area (Å²) in [5.41, 5.74) is 1.03. The molecule has 19 heavy (non-hydrogen) atoms. The highest BCUT2D eigenvalue weighted by Gasteiger charge is 2.36. The molecule has 0 bridgehead atoms. The van der Waals surface area contributed by atoms with Gasteiger partial charge in [-0.1, -0.05) is 6.07 Å². The summed E-state index contributed by atoms with van der Waals surface area (Å²) in [5.74, 6) is 0.249. The van der Waals surface area contributed by atoms with Gasteiger partial charge in [0, 0.05) is 11.0 Å². The lowest BCUT2D eigenvalue weighted by Gasteiger charge is -2.16. The molecule has 0 aromatic heterocycles. The lowest BCUT2D eigenvalue weighted by Crippen LogP contribution is -2.32. The number of carbonyl (C=O) groups excluding carboxylic acids is 2. The number of amides is 2. The zero-order valence-corrected chi connectivity index (χ0v) is 12.1.